The van der Waals surface area contributed by atoms with Crippen LogP contribution < -0.4 is 10.6 Å². The van der Waals surface area contributed by atoms with Crippen LogP contribution in [0.4, 0.5) is 5.69 Å². The fourth-order valence-corrected chi connectivity index (χ4v) is 4.03. The van der Waals surface area contributed by atoms with Crippen molar-refractivity contribution in [1.29, 1.82) is 5.26 Å². The van der Waals surface area contributed by atoms with E-state index in [4.69, 9.17) is 0 Å². The largest absolute Gasteiger partial charge is 0.325 e. The van der Waals surface area contributed by atoms with Crippen molar-refractivity contribution < 1.29 is 9.59 Å². The Bertz CT molecular complexity index is 963. The average Bonchev–Trinajstić information content (AvgIpc) is 2.68. The van der Waals surface area contributed by atoms with Gasteiger partial charge < -0.3 is 10.6 Å². The van der Waals surface area contributed by atoms with Gasteiger partial charge in [-0.05, 0) is 36.8 Å². The highest BCUT2D eigenvalue weighted by atomic mass is 79.9. The van der Waals surface area contributed by atoms with Gasteiger partial charge in [-0.3, -0.25) is 9.59 Å². The number of nitrogens with zero attached hydrogens (tertiary/aromatic N) is 1. The van der Waals surface area contributed by atoms with Crippen LogP contribution in [0.1, 0.15) is 23.5 Å². The molecule has 0 aromatic heterocycles. The van der Waals surface area contributed by atoms with Crippen molar-refractivity contribution in [3.05, 3.63) is 74.7 Å². The summed E-state index contributed by atoms with van der Waals surface area (Å²) in [7, 11) is 0. The first-order valence-corrected chi connectivity index (χ1v) is 10.4. The number of nitrogens with one attached hydrogen (secondary N) is 2. The van der Waals surface area contributed by atoms with Gasteiger partial charge in [-0.25, -0.2) is 0 Å². The van der Waals surface area contributed by atoms with E-state index in [-0.39, 0.29) is 29.9 Å². The quantitative estimate of drug-likeness (QED) is 0.696. The summed E-state index contributed by atoms with van der Waals surface area (Å²) in [4.78, 5) is 24.4. The van der Waals surface area contributed by atoms with Crippen molar-refractivity contribution in [3.8, 4) is 6.07 Å². The number of allylic oxidation sites excluding steroid dienone is 1. The van der Waals surface area contributed by atoms with Crippen LogP contribution in [0.5, 0.6) is 0 Å². The molecule has 2 amide bonds. The molecule has 1 aliphatic heterocycles. The van der Waals surface area contributed by atoms with Gasteiger partial charge in [-0.15, -0.1) is 0 Å². The fraction of sp³-hybridized carbons (Fsp3) is 0.190. The molecule has 0 saturated carbocycles. The first-order chi connectivity index (χ1) is 13.5. The summed E-state index contributed by atoms with van der Waals surface area (Å²) in [6.07, 6.45) is 0.223. The molecule has 3 rings (SSSR count). The molecule has 1 atom stereocenters. The number of halogens is 1. The van der Waals surface area contributed by atoms with Gasteiger partial charge >= 0.3 is 0 Å². The molecule has 0 bridgehead atoms. The second-order valence-electron chi connectivity index (χ2n) is 6.41. The Balaban J connectivity index is 1.73. The van der Waals surface area contributed by atoms with Crippen molar-refractivity contribution in [2.75, 3.05) is 11.1 Å². The maximum absolute atomic E-state index is 12.2. The van der Waals surface area contributed by atoms with E-state index in [9.17, 15) is 14.9 Å². The monoisotopic (exact) mass is 455 g/mol. The van der Waals surface area contributed by atoms with Crippen molar-refractivity contribution in [1.82, 2.24) is 5.32 Å². The number of aryl methyl sites for hydroxylation is 1. The highest BCUT2D eigenvalue weighted by molar-refractivity contribution is 9.10. The summed E-state index contributed by atoms with van der Waals surface area (Å²) in [5.74, 6) is -0.558. The zero-order valence-corrected chi connectivity index (χ0v) is 17.6. The lowest BCUT2D eigenvalue weighted by Gasteiger charge is -2.25. The van der Waals surface area contributed by atoms with E-state index in [1.54, 1.807) is 12.1 Å². The molecule has 1 aliphatic rings. The maximum Gasteiger partial charge on any atom is 0.234 e. The number of thioether (sulfide) groups is 1. The van der Waals surface area contributed by atoms with Crippen molar-refractivity contribution in [3.63, 3.8) is 0 Å². The first-order valence-electron chi connectivity index (χ1n) is 8.65. The Labute approximate surface area is 176 Å². The van der Waals surface area contributed by atoms with Crippen molar-refractivity contribution in [2.45, 2.75) is 19.3 Å². The molecule has 0 unspecified atom stereocenters. The van der Waals surface area contributed by atoms with Crippen LogP contribution >= 0.6 is 27.7 Å². The third kappa shape index (κ3) is 5.03. The van der Waals surface area contributed by atoms with Crippen LogP contribution in [-0.2, 0) is 9.59 Å². The highest BCUT2D eigenvalue weighted by Gasteiger charge is 2.29. The smallest absolute Gasteiger partial charge is 0.234 e. The van der Waals surface area contributed by atoms with E-state index in [2.05, 4.69) is 32.6 Å². The van der Waals surface area contributed by atoms with E-state index in [0.717, 1.165) is 15.6 Å². The normalized spacial score (nSPS) is 16.3. The maximum atomic E-state index is 12.2. The SMILES string of the molecule is Cc1ccc([C@H]2CC(=O)NC(SCC(=O)Nc3ccc(Br)cc3)=C2C#N)cc1. The Morgan fingerprint density at radius 2 is 1.93 bits per heavy atom. The third-order valence-electron chi connectivity index (χ3n) is 4.31. The van der Waals surface area contributed by atoms with Crippen LogP contribution in [0, 0.1) is 18.3 Å². The van der Waals surface area contributed by atoms with Crippen LogP contribution in [0.25, 0.3) is 0 Å². The minimum atomic E-state index is -0.295. The summed E-state index contributed by atoms with van der Waals surface area (Å²) in [6, 6.07) is 17.3. The number of rotatable bonds is 5. The number of carbonyl (C=O) groups excluding carboxylic acids is 2. The fourth-order valence-electron chi connectivity index (χ4n) is 2.88. The third-order valence-corrected chi connectivity index (χ3v) is 5.86. The molecule has 0 spiro atoms. The van der Waals surface area contributed by atoms with Gasteiger partial charge in [0.05, 0.1) is 22.4 Å². The number of hydrogen-bond donors (Lipinski definition) is 2. The molecular formula is C21H18BrN3O2S. The van der Waals surface area contributed by atoms with E-state index < -0.39 is 0 Å². The van der Waals surface area contributed by atoms with Crippen molar-refractivity contribution >= 4 is 45.2 Å². The minimum absolute atomic E-state index is 0.0947. The summed E-state index contributed by atoms with van der Waals surface area (Å²) in [6.45, 7) is 1.99. The molecular weight excluding hydrogens is 438 g/mol. The molecule has 0 fully saturated rings. The number of amides is 2. The molecule has 0 radical (unpaired) electrons. The zero-order valence-electron chi connectivity index (χ0n) is 15.2. The molecule has 7 heteroatoms. The lowest BCUT2D eigenvalue weighted by molar-refractivity contribution is -0.121. The van der Waals surface area contributed by atoms with Gasteiger partial charge in [0.15, 0.2) is 0 Å². The molecule has 1 heterocycles. The van der Waals surface area contributed by atoms with Crippen LogP contribution in [0.3, 0.4) is 0 Å². The summed E-state index contributed by atoms with van der Waals surface area (Å²) in [5, 5.41) is 15.7. The zero-order chi connectivity index (χ0) is 20.1. The molecule has 142 valence electrons. The topological polar surface area (TPSA) is 82.0 Å². The summed E-state index contributed by atoms with van der Waals surface area (Å²) in [5.41, 5.74) is 3.22. The van der Waals surface area contributed by atoms with Crippen molar-refractivity contribution in [2.24, 2.45) is 0 Å². The van der Waals surface area contributed by atoms with Gasteiger partial charge in [-0.2, -0.15) is 5.26 Å². The Morgan fingerprint density at radius 1 is 1.25 bits per heavy atom. The lowest BCUT2D eigenvalue weighted by Crippen LogP contribution is -2.31. The van der Waals surface area contributed by atoms with E-state index in [1.807, 2.05) is 43.3 Å². The first kappa shape index (κ1) is 20.2. The Hall–Kier alpha value is -2.56. The Morgan fingerprint density at radius 3 is 2.57 bits per heavy atom. The van der Waals surface area contributed by atoms with Crippen LogP contribution in [0.15, 0.2) is 63.6 Å². The molecule has 0 saturated heterocycles. The molecule has 2 aromatic carbocycles. The number of hydrogen-bond acceptors (Lipinski definition) is 4. The predicted octanol–water partition coefficient (Wildman–Crippen LogP) is 4.47. The highest BCUT2D eigenvalue weighted by Crippen LogP contribution is 2.36. The lowest BCUT2D eigenvalue weighted by atomic mass is 9.87. The van der Waals surface area contributed by atoms with Crippen LogP contribution in [0.2, 0.25) is 0 Å². The van der Waals surface area contributed by atoms with E-state index in [1.165, 1.54) is 11.8 Å². The predicted molar refractivity (Wildman–Crippen MR) is 115 cm³/mol. The van der Waals surface area contributed by atoms with Gasteiger partial charge in [-0.1, -0.05) is 57.5 Å². The molecule has 5 nitrogen and oxygen atoms in total. The van der Waals surface area contributed by atoms with E-state index in [0.29, 0.717) is 16.3 Å². The molecule has 2 N–H and O–H groups in total. The Kier molecular flexibility index (Phi) is 6.55. The molecule has 28 heavy (non-hydrogen) atoms. The number of nitriles is 1. The number of anilines is 1. The van der Waals surface area contributed by atoms with E-state index >= 15 is 0 Å². The number of carbonyl (C=O) groups is 2. The van der Waals surface area contributed by atoms with Gasteiger partial charge in [0.1, 0.15) is 0 Å². The second-order valence-corrected chi connectivity index (χ2v) is 8.32. The standard InChI is InChI=1S/C21H18BrN3O2S/c1-13-2-4-14(5-3-13)17-10-19(26)25-21(18(17)11-23)28-12-20(27)24-16-8-6-15(22)7-9-16/h2-9,17H,10,12H2,1H3,(H,24,27)(H,25,26)/t17-/m1/s1. The van der Waals surface area contributed by atoms with Gasteiger partial charge in [0.2, 0.25) is 11.8 Å². The average molecular weight is 456 g/mol. The summed E-state index contributed by atoms with van der Waals surface area (Å²) >= 11 is 4.52. The number of benzene rings is 2. The van der Waals surface area contributed by atoms with Gasteiger partial charge in [0.25, 0.3) is 0 Å². The molecule has 2 aromatic rings. The molecule has 0 aliphatic carbocycles. The van der Waals surface area contributed by atoms with Gasteiger partial charge in [0, 0.05) is 22.5 Å². The second kappa shape index (κ2) is 9.09. The van der Waals surface area contributed by atoms with Crippen LogP contribution in [-0.4, -0.2) is 17.6 Å². The minimum Gasteiger partial charge on any atom is -0.325 e. The summed E-state index contributed by atoms with van der Waals surface area (Å²) < 4.78 is 0.927.